The van der Waals surface area contributed by atoms with E-state index in [1.54, 1.807) is 0 Å². The second-order valence-corrected chi connectivity index (χ2v) is 8.28. The lowest BCUT2D eigenvalue weighted by atomic mass is 9.83. The van der Waals surface area contributed by atoms with Crippen molar-refractivity contribution in [2.24, 2.45) is 5.92 Å². The number of hydrogen-bond acceptors (Lipinski definition) is 2. The van der Waals surface area contributed by atoms with Gasteiger partial charge in [-0.1, -0.05) is 69.2 Å². The second-order valence-electron chi connectivity index (χ2n) is 8.28. The summed E-state index contributed by atoms with van der Waals surface area (Å²) >= 11 is 0. The van der Waals surface area contributed by atoms with Gasteiger partial charge in [0, 0.05) is 13.1 Å². The third kappa shape index (κ3) is 3.55. The van der Waals surface area contributed by atoms with Crippen molar-refractivity contribution < 1.29 is 4.74 Å². The van der Waals surface area contributed by atoms with Crippen molar-refractivity contribution in [3.05, 3.63) is 35.4 Å². The van der Waals surface area contributed by atoms with E-state index in [2.05, 4.69) is 29.2 Å². The SMILES string of the molecule is c1ccc2c(c1)COC21CCN(CCCCC2CCCCC2)CC1. The van der Waals surface area contributed by atoms with Crippen LogP contribution in [0.15, 0.2) is 24.3 Å². The Morgan fingerprint density at radius 3 is 2.62 bits per heavy atom. The zero-order chi connectivity index (χ0) is 16.2. The second kappa shape index (κ2) is 7.58. The fourth-order valence-corrected chi connectivity index (χ4v) is 5.18. The van der Waals surface area contributed by atoms with Crippen LogP contribution in [0.2, 0.25) is 0 Å². The van der Waals surface area contributed by atoms with E-state index in [1.165, 1.54) is 95.0 Å². The maximum absolute atomic E-state index is 6.28. The highest BCUT2D eigenvalue weighted by molar-refractivity contribution is 5.35. The van der Waals surface area contributed by atoms with Gasteiger partial charge in [-0.15, -0.1) is 0 Å². The van der Waals surface area contributed by atoms with Crippen LogP contribution in [0, 0.1) is 5.92 Å². The molecule has 3 aliphatic rings. The molecule has 2 heterocycles. The number of likely N-dealkylation sites (tertiary alicyclic amines) is 1. The van der Waals surface area contributed by atoms with Gasteiger partial charge in [-0.2, -0.15) is 0 Å². The van der Waals surface area contributed by atoms with E-state index in [9.17, 15) is 0 Å². The number of piperidine rings is 1. The highest BCUT2D eigenvalue weighted by atomic mass is 16.5. The molecule has 1 saturated heterocycles. The lowest BCUT2D eigenvalue weighted by molar-refractivity contribution is -0.0788. The molecule has 0 atom stereocenters. The zero-order valence-electron chi connectivity index (χ0n) is 15.1. The zero-order valence-corrected chi connectivity index (χ0v) is 15.1. The lowest BCUT2D eigenvalue weighted by Crippen LogP contribution is -2.42. The molecular weight excluding hydrogens is 294 g/mol. The number of fused-ring (bicyclic) bond motifs is 2. The van der Waals surface area contributed by atoms with E-state index in [1.807, 2.05) is 0 Å². The molecule has 1 saturated carbocycles. The summed E-state index contributed by atoms with van der Waals surface area (Å²) in [6.45, 7) is 4.53. The van der Waals surface area contributed by atoms with Gasteiger partial charge in [0.1, 0.15) is 0 Å². The topological polar surface area (TPSA) is 12.5 Å². The van der Waals surface area contributed by atoms with Crippen LogP contribution in [0.5, 0.6) is 0 Å². The fraction of sp³-hybridized carbons (Fsp3) is 0.727. The summed E-state index contributed by atoms with van der Waals surface area (Å²) < 4.78 is 6.28. The van der Waals surface area contributed by atoms with Crippen molar-refractivity contribution in [3.63, 3.8) is 0 Å². The van der Waals surface area contributed by atoms with Crippen LogP contribution >= 0.6 is 0 Å². The molecule has 1 aromatic carbocycles. The van der Waals surface area contributed by atoms with Gasteiger partial charge in [0.2, 0.25) is 0 Å². The Hall–Kier alpha value is -0.860. The summed E-state index contributed by atoms with van der Waals surface area (Å²) in [5.41, 5.74) is 2.93. The highest BCUT2D eigenvalue weighted by Crippen LogP contribution is 2.43. The maximum Gasteiger partial charge on any atom is 0.0963 e. The summed E-state index contributed by atoms with van der Waals surface area (Å²) in [4.78, 5) is 2.68. The number of hydrogen-bond donors (Lipinski definition) is 0. The molecule has 2 fully saturated rings. The van der Waals surface area contributed by atoms with E-state index in [0.717, 1.165) is 12.5 Å². The fourth-order valence-electron chi connectivity index (χ4n) is 5.18. The van der Waals surface area contributed by atoms with Crippen molar-refractivity contribution in [2.75, 3.05) is 19.6 Å². The first-order valence-electron chi connectivity index (χ1n) is 10.3. The molecule has 2 aliphatic heterocycles. The van der Waals surface area contributed by atoms with Gasteiger partial charge in [0.05, 0.1) is 12.2 Å². The minimum Gasteiger partial charge on any atom is -0.365 e. The molecule has 0 bridgehead atoms. The van der Waals surface area contributed by atoms with Crippen LogP contribution in [-0.4, -0.2) is 24.5 Å². The van der Waals surface area contributed by atoms with Gasteiger partial charge >= 0.3 is 0 Å². The predicted molar refractivity (Wildman–Crippen MR) is 99.0 cm³/mol. The minimum atomic E-state index is 0.0369. The number of rotatable bonds is 5. The van der Waals surface area contributed by atoms with E-state index in [-0.39, 0.29) is 5.60 Å². The Balaban J connectivity index is 1.20. The lowest BCUT2D eigenvalue weighted by Gasteiger charge is -2.39. The van der Waals surface area contributed by atoms with Crippen molar-refractivity contribution >= 4 is 0 Å². The molecule has 0 radical (unpaired) electrons. The van der Waals surface area contributed by atoms with Gasteiger partial charge in [-0.05, 0) is 42.9 Å². The van der Waals surface area contributed by atoms with Crippen LogP contribution < -0.4 is 0 Å². The van der Waals surface area contributed by atoms with Gasteiger partial charge in [-0.25, -0.2) is 0 Å². The molecule has 0 N–H and O–H groups in total. The smallest absolute Gasteiger partial charge is 0.0963 e. The highest BCUT2D eigenvalue weighted by Gasteiger charge is 2.42. The van der Waals surface area contributed by atoms with E-state index >= 15 is 0 Å². The summed E-state index contributed by atoms with van der Waals surface area (Å²) in [7, 11) is 0. The third-order valence-corrected chi connectivity index (χ3v) is 6.74. The third-order valence-electron chi connectivity index (χ3n) is 6.74. The Bertz CT molecular complexity index is 527. The first-order chi connectivity index (χ1) is 11.9. The Morgan fingerprint density at radius 1 is 1.00 bits per heavy atom. The molecule has 132 valence electrons. The predicted octanol–water partition coefficient (Wildman–Crippen LogP) is 5.26. The molecule has 0 aromatic heterocycles. The molecule has 2 heteroatoms. The molecule has 1 aromatic rings. The first kappa shape index (κ1) is 16.6. The van der Waals surface area contributed by atoms with Crippen LogP contribution in [0.4, 0.5) is 0 Å². The van der Waals surface area contributed by atoms with Gasteiger partial charge in [0.15, 0.2) is 0 Å². The average molecular weight is 328 g/mol. The Kier molecular flexibility index (Phi) is 5.24. The summed E-state index contributed by atoms with van der Waals surface area (Å²) in [6.07, 6.45) is 14.1. The van der Waals surface area contributed by atoms with Crippen LogP contribution in [0.1, 0.15) is 75.3 Å². The molecule has 2 nitrogen and oxygen atoms in total. The number of ether oxygens (including phenoxy) is 1. The molecular formula is C22H33NO. The Morgan fingerprint density at radius 2 is 1.79 bits per heavy atom. The quantitative estimate of drug-likeness (QED) is 0.684. The van der Waals surface area contributed by atoms with Crippen molar-refractivity contribution in [1.82, 2.24) is 4.90 Å². The minimum absolute atomic E-state index is 0.0369. The number of nitrogens with zero attached hydrogens (tertiary/aromatic N) is 1. The van der Waals surface area contributed by atoms with Crippen LogP contribution in [0.25, 0.3) is 0 Å². The Labute approximate surface area is 147 Å². The molecule has 1 aliphatic carbocycles. The first-order valence-corrected chi connectivity index (χ1v) is 10.3. The van der Waals surface area contributed by atoms with E-state index in [4.69, 9.17) is 4.74 Å². The molecule has 24 heavy (non-hydrogen) atoms. The van der Waals surface area contributed by atoms with Gasteiger partial charge < -0.3 is 9.64 Å². The van der Waals surface area contributed by atoms with Crippen molar-refractivity contribution in [3.8, 4) is 0 Å². The van der Waals surface area contributed by atoms with Crippen LogP contribution in [-0.2, 0) is 16.9 Å². The largest absolute Gasteiger partial charge is 0.365 e. The van der Waals surface area contributed by atoms with E-state index < -0.39 is 0 Å². The molecule has 1 spiro atoms. The standard InChI is InChI=1S/C22H33NO/c1-2-8-19(9-3-1)10-6-7-15-23-16-13-22(14-17-23)21-12-5-4-11-20(21)18-24-22/h4-5,11-12,19H,1-3,6-10,13-18H2. The molecule has 0 unspecified atom stereocenters. The monoisotopic (exact) mass is 327 g/mol. The summed E-state index contributed by atoms with van der Waals surface area (Å²) in [5.74, 6) is 1.05. The molecule has 0 amide bonds. The molecule has 4 rings (SSSR count). The van der Waals surface area contributed by atoms with E-state index in [0.29, 0.717) is 0 Å². The van der Waals surface area contributed by atoms with Crippen LogP contribution in [0.3, 0.4) is 0 Å². The number of benzene rings is 1. The van der Waals surface area contributed by atoms with Gasteiger partial charge in [0.25, 0.3) is 0 Å². The maximum atomic E-state index is 6.28. The average Bonchev–Trinajstić information content (AvgIpc) is 3.00. The summed E-state index contributed by atoms with van der Waals surface area (Å²) in [6, 6.07) is 8.85. The van der Waals surface area contributed by atoms with Crippen molar-refractivity contribution in [2.45, 2.75) is 76.4 Å². The summed E-state index contributed by atoms with van der Waals surface area (Å²) in [5, 5.41) is 0. The van der Waals surface area contributed by atoms with Crippen molar-refractivity contribution in [1.29, 1.82) is 0 Å². The normalized spacial score (nSPS) is 24.3. The van der Waals surface area contributed by atoms with Gasteiger partial charge in [-0.3, -0.25) is 0 Å². The number of unbranched alkanes of at least 4 members (excludes halogenated alkanes) is 1.